The Hall–Kier alpha value is -0.0900. The van der Waals surface area contributed by atoms with Gasteiger partial charge in [0.15, 0.2) is 9.84 Å². The number of hydrogen-bond acceptors (Lipinski definition) is 3. The first-order valence-corrected chi connectivity index (χ1v) is 6.30. The standard InChI is InChI=1S/C8H15NO2S/c1-2-3-9-5-8-4-7(9)6-12(8,10)11/h7-8H,2-6H2,1H3. The molecular formula is C8H15NO2S. The first-order valence-electron chi connectivity index (χ1n) is 4.59. The highest BCUT2D eigenvalue weighted by atomic mass is 32.2. The molecule has 0 spiro atoms. The van der Waals surface area contributed by atoms with E-state index in [-0.39, 0.29) is 5.25 Å². The van der Waals surface area contributed by atoms with E-state index in [1.54, 1.807) is 0 Å². The maximum absolute atomic E-state index is 11.3. The topological polar surface area (TPSA) is 37.4 Å². The summed E-state index contributed by atoms with van der Waals surface area (Å²) in [7, 11) is -2.68. The molecule has 0 aliphatic carbocycles. The fourth-order valence-electron chi connectivity index (χ4n) is 2.34. The average Bonchev–Trinajstić information content (AvgIpc) is 2.44. The molecule has 0 N–H and O–H groups in total. The molecule has 2 heterocycles. The number of likely N-dealkylation sites (tertiary alicyclic amines) is 1. The zero-order chi connectivity index (χ0) is 8.77. The Morgan fingerprint density at radius 2 is 2.25 bits per heavy atom. The van der Waals surface area contributed by atoms with Crippen molar-refractivity contribution in [3.05, 3.63) is 0 Å². The Balaban J connectivity index is 2.08. The van der Waals surface area contributed by atoms with Crippen molar-refractivity contribution < 1.29 is 8.42 Å². The van der Waals surface area contributed by atoms with E-state index >= 15 is 0 Å². The molecule has 70 valence electrons. The van der Waals surface area contributed by atoms with Gasteiger partial charge < -0.3 is 0 Å². The molecule has 2 fully saturated rings. The van der Waals surface area contributed by atoms with Gasteiger partial charge in [-0.3, -0.25) is 4.90 Å². The van der Waals surface area contributed by atoms with Crippen LogP contribution < -0.4 is 0 Å². The fourth-order valence-corrected chi connectivity index (χ4v) is 4.43. The van der Waals surface area contributed by atoms with Gasteiger partial charge in [0.05, 0.1) is 11.0 Å². The van der Waals surface area contributed by atoms with Crippen LogP contribution in [0.3, 0.4) is 0 Å². The van der Waals surface area contributed by atoms with Crippen LogP contribution in [-0.2, 0) is 9.84 Å². The van der Waals surface area contributed by atoms with Gasteiger partial charge in [-0.15, -0.1) is 0 Å². The lowest BCUT2D eigenvalue weighted by atomic mass is 10.2. The molecule has 0 aromatic heterocycles. The predicted octanol–water partition coefficient (Wildman–Crippen LogP) is 0.268. The number of sulfone groups is 1. The highest BCUT2D eigenvalue weighted by molar-refractivity contribution is 7.92. The molecule has 2 unspecified atom stereocenters. The molecule has 0 aromatic carbocycles. The summed E-state index contributed by atoms with van der Waals surface area (Å²) < 4.78 is 22.7. The molecule has 0 amide bonds. The minimum atomic E-state index is -2.68. The largest absolute Gasteiger partial charge is 0.298 e. The number of nitrogens with zero attached hydrogens (tertiary/aromatic N) is 1. The number of hydrogen-bond donors (Lipinski definition) is 0. The molecule has 2 rings (SSSR count). The molecule has 3 nitrogen and oxygen atoms in total. The van der Waals surface area contributed by atoms with Crippen molar-refractivity contribution in [3.8, 4) is 0 Å². The third-order valence-electron chi connectivity index (χ3n) is 2.93. The van der Waals surface area contributed by atoms with E-state index in [0.717, 1.165) is 25.9 Å². The van der Waals surface area contributed by atoms with E-state index in [4.69, 9.17) is 0 Å². The van der Waals surface area contributed by atoms with Gasteiger partial charge in [-0.25, -0.2) is 8.42 Å². The van der Waals surface area contributed by atoms with Crippen LogP contribution in [0.2, 0.25) is 0 Å². The molecule has 0 aromatic rings. The quantitative estimate of drug-likeness (QED) is 0.625. The van der Waals surface area contributed by atoms with Crippen LogP contribution in [0.25, 0.3) is 0 Å². The maximum atomic E-state index is 11.3. The monoisotopic (exact) mass is 189 g/mol. The molecule has 0 saturated carbocycles. The zero-order valence-electron chi connectivity index (χ0n) is 7.36. The van der Waals surface area contributed by atoms with Crippen molar-refractivity contribution in [2.75, 3.05) is 18.8 Å². The maximum Gasteiger partial charge on any atom is 0.156 e. The zero-order valence-corrected chi connectivity index (χ0v) is 8.18. The van der Waals surface area contributed by atoms with Crippen LogP contribution >= 0.6 is 0 Å². The van der Waals surface area contributed by atoms with Gasteiger partial charge >= 0.3 is 0 Å². The number of fused-ring (bicyclic) bond motifs is 2. The van der Waals surface area contributed by atoms with Gasteiger partial charge in [-0.05, 0) is 19.4 Å². The van der Waals surface area contributed by atoms with Crippen LogP contribution in [-0.4, -0.2) is 43.5 Å². The Kier molecular flexibility index (Phi) is 1.92. The highest BCUT2D eigenvalue weighted by Crippen LogP contribution is 2.32. The molecule has 4 heteroatoms. The van der Waals surface area contributed by atoms with Crippen LogP contribution in [0.4, 0.5) is 0 Å². The molecular weight excluding hydrogens is 174 g/mol. The minimum absolute atomic E-state index is 0.0333. The van der Waals surface area contributed by atoms with E-state index in [1.807, 2.05) is 0 Å². The summed E-state index contributed by atoms with van der Waals surface area (Å²) in [6.45, 7) is 4.00. The Bertz CT molecular complexity index is 273. The van der Waals surface area contributed by atoms with Gasteiger partial charge in [0.1, 0.15) is 0 Å². The third-order valence-corrected chi connectivity index (χ3v) is 5.14. The van der Waals surface area contributed by atoms with Crippen LogP contribution in [0.15, 0.2) is 0 Å². The third kappa shape index (κ3) is 1.17. The van der Waals surface area contributed by atoms with Gasteiger partial charge in [0, 0.05) is 12.6 Å². The van der Waals surface area contributed by atoms with Gasteiger partial charge in [0.25, 0.3) is 0 Å². The van der Waals surface area contributed by atoms with E-state index < -0.39 is 9.84 Å². The SMILES string of the molecule is CCCN1CC2CC1CS2(=O)=O. The predicted molar refractivity (Wildman–Crippen MR) is 47.8 cm³/mol. The summed E-state index contributed by atoms with van der Waals surface area (Å²) in [6, 6.07) is 0.347. The first kappa shape index (κ1) is 8.51. The molecule has 2 aliphatic rings. The second-order valence-electron chi connectivity index (χ2n) is 3.84. The lowest BCUT2D eigenvalue weighted by Gasteiger charge is -2.25. The fraction of sp³-hybridized carbons (Fsp3) is 1.00. The van der Waals surface area contributed by atoms with Crippen molar-refractivity contribution in [2.24, 2.45) is 0 Å². The number of rotatable bonds is 2. The summed E-state index contributed by atoms with van der Waals surface area (Å²) in [6.07, 6.45) is 2.02. The molecule has 12 heavy (non-hydrogen) atoms. The van der Waals surface area contributed by atoms with Crippen molar-refractivity contribution in [1.29, 1.82) is 0 Å². The smallest absolute Gasteiger partial charge is 0.156 e. The Labute approximate surface area is 73.7 Å². The van der Waals surface area contributed by atoms with Gasteiger partial charge in [-0.1, -0.05) is 6.92 Å². The van der Waals surface area contributed by atoms with Crippen LogP contribution in [0.5, 0.6) is 0 Å². The van der Waals surface area contributed by atoms with E-state index in [1.165, 1.54) is 0 Å². The summed E-state index contributed by atoms with van der Waals surface area (Å²) in [5, 5.41) is -0.0333. The summed E-state index contributed by atoms with van der Waals surface area (Å²) >= 11 is 0. The van der Waals surface area contributed by atoms with E-state index in [0.29, 0.717) is 11.8 Å². The van der Waals surface area contributed by atoms with E-state index in [9.17, 15) is 8.42 Å². The van der Waals surface area contributed by atoms with Gasteiger partial charge in [-0.2, -0.15) is 0 Å². The van der Waals surface area contributed by atoms with Crippen molar-refractivity contribution in [3.63, 3.8) is 0 Å². The Morgan fingerprint density at radius 3 is 2.67 bits per heavy atom. The molecule has 0 radical (unpaired) electrons. The molecule has 2 aliphatic heterocycles. The minimum Gasteiger partial charge on any atom is -0.298 e. The Morgan fingerprint density at radius 1 is 1.50 bits per heavy atom. The van der Waals surface area contributed by atoms with Gasteiger partial charge in [0.2, 0.25) is 0 Å². The molecule has 2 atom stereocenters. The second-order valence-corrected chi connectivity index (χ2v) is 6.16. The highest BCUT2D eigenvalue weighted by Gasteiger charge is 2.47. The van der Waals surface area contributed by atoms with Crippen molar-refractivity contribution >= 4 is 9.84 Å². The summed E-state index contributed by atoms with van der Waals surface area (Å²) in [4.78, 5) is 2.33. The van der Waals surface area contributed by atoms with Crippen molar-refractivity contribution in [2.45, 2.75) is 31.1 Å². The first-order chi connectivity index (χ1) is 5.63. The average molecular weight is 189 g/mol. The second kappa shape index (κ2) is 2.70. The van der Waals surface area contributed by atoms with Crippen LogP contribution in [0.1, 0.15) is 19.8 Å². The van der Waals surface area contributed by atoms with Crippen molar-refractivity contribution in [1.82, 2.24) is 4.90 Å². The summed E-state index contributed by atoms with van der Waals surface area (Å²) in [5.74, 6) is 0.414. The lowest BCUT2D eigenvalue weighted by molar-refractivity contribution is 0.266. The van der Waals surface area contributed by atoms with E-state index in [2.05, 4.69) is 11.8 Å². The molecule has 2 saturated heterocycles. The lowest BCUT2D eigenvalue weighted by Crippen LogP contribution is -2.40. The normalized spacial score (nSPS) is 39.1. The molecule has 2 bridgehead atoms. The van der Waals surface area contributed by atoms with Crippen LogP contribution in [0, 0.1) is 0 Å². The summed E-state index contributed by atoms with van der Waals surface area (Å²) in [5.41, 5.74) is 0.